The molecule has 0 atom stereocenters. The van der Waals surface area contributed by atoms with Crippen LogP contribution in [0, 0.1) is 10.1 Å². The Hall–Kier alpha value is -2.14. The second kappa shape index (κ2) is 4.93. The molecule has 0 saturated heterocycles. The topological polar surface area (TPSA) is 98.3 Å². The minimum atomic E-state index is -2.44. The molecule has 2 aromatic rings. The van der Waals surface area contributed by atoms with E-state index in [-0.39, 0.29) is 22.7 Å². The molecular weight excluding hydrogens is 317 g/mol. The number of hydrogen-bond acceptors (Lipinski definition) is 5. The van der Waals surface area contributed by atoms with E-state index in [1.54, 1.807) is 18.5 Å². The van der Waals surface area contributed by atoms with Gasteiger partial charge in [-0.1, -0.05) is 6.07 Å². The van der Waals surface area contributed by atoms with Gasteiger partial charge < -0.3 is 9.67 Å². The quantitative estimate of drug-likeness (QED) is 0.515. The van der Waals surface area contributed by atoms with Gasteiger partial charge >= 0.3 is 5.69 Å². The average molecular weight is 333 g/mol. The Bertz CT molecular complexity index is 823. The van der Waals surface area contributed by atoms with E-state index >= 15 is 0 Å². The molecule has 120 valence electrons. The zero-order valence-electron chi connectivity index (χ0n) is 12.3. The SMILES string of the molecule is O=[N+]([O-])c1cccc(-n2cc(P(=O)(C3CC3)C3CC3)cn2)c1O. The van der Waals surface area contributed by atoms with Gasteiger partial charge in [0, 0.05) is 23.6 Å². The molecule has 1 aromatic carbocycles. The van der Waals surface area contributed by atoms with E-state index in [1.165, 1.54) is 16.8 Å². The normalized spacial score (nSPS) is 18.1. The van der Waals surface area contributed by atoms with Crippen LogP contribution in [-0.2, 0) is 4.57 Å². The lowest BCUT2D eigenvalue weighted by molar-refractivity contribution is -0.385. The Morgan fingerprint density at radius 1 is 1.26 bits per heavy atom. The molecule has 2 saturated carbocycles. The number of phenolic OH excluding ortho intramolecular Hbond substituents is 1. The fourth-order valence-electron chi connectivity index (χ4n) is 3.11. The molecule has 0 bridgehead atoms. The summed E-state index contributed by atoms with van der Waals surface area (Å²) in [6, 6.07) is 4.29. The minimum Gasteiger partial charge on any atom is -0.501 e. The third kappa shape index (κ3) is 2.27. The number of rotatable bonds is 5. The number of aromatic nitrogens is 2. The van der Waals surface area contributed by atoms with Crippen LogP contribution in [0.1, 0.15) is 25.7 Å². The summed E-state index contributed by atoms with van der Waals surface area (Å²) in [5.41, 5.74) is 0.397. The molecule has 0 aliphatic heterocycles. The molecule has 2 aliphatic carbocycles. The zero-order chi connectivity index (χ0) is 16.2. The lowest BCUT2D eigenvalue weighted by Gasteiger charge is -2.14. The maximum absolute atomic E-state index is 13.4. The van der Waals surface area contributed by atoms with Crippen LogP contribution >= 0.6 is 7.14 Å². The summed E-state index contributed by atoms with van der Waals surface area (Å²) >= 11 is 0. The number of phenols is 1. The second-order valence-electron chi connectivity index (χ2n) is 6.22. The zero-order valence-corrected chi connectivity index (χ0v) is 13.2. The highest BCUT2D eigenvalue weighted by Crippen LogP contribution is 2.69. The molecule has 0 unspecified atom stereocenters. The van der Waals surface area contributed by atoms with Crippen molar-refractivity contribution in [1.82, 2.24) is 9.78 Å². The molecule has 8 heteroatoms. The molecule has 0 radical (unpaired) electrons. The van der Waals surface area contributed by atoms with Crippen LogP contribution < -0.4 is 5.30 Å². The summed E-state index contributed by atoms with van der Waals surface area (Å²) in [7, 11) is -2.44. The molecule has 1 aromatic heterocycles. The van der Waals surface area contributed by atoms with E-state index in [4.69, 9.17) is 0 Å². The van der Waals surface area contributed by atoms with Crippen LogP contribution in [-0.4, -0.2) is 31.1 Å². The summed E-state index contributed by atoms with van der Waals surface area (Å²) < 4.78 is 14.8. The Kier molecular flexibility index (Phi) is 3.10. The first-order valence-corrected chi connectivity index (χ1v) is 9.47. The largest absolute Gasteiger partial charge is 0.501 e. The second-order valence-corrected chi connectivity index (χ2v) is 9.61. The summed E-state index contributed by atoms with van der Waals surface area (Å²) in [4.78, 5) is 10.3. The fourth-order valence-corrected chi connectivity index (χ4v) is 6.91. The molecular formula is C15H16N3O4P. The van der Waals surface area contributed by atoms with Gasteiger partial charge in [0.15, 0.2) is 0 Å². The van der Waals surface area contributed by atoms with Gasteiger partial charge in [0.05, 0.1) is 16.4 Å². The van der Waals surface area contributed by atoms with Crippen molar-refractivity contribution in [2.75, 3.05) is 0 Å². The third-order valence-electron chi connectivity index (χ3n) is 4.59. The number of nitrogens with zero attached hydrogens (tertiary/aromatic N) is 3. The van der Waals surface area contributed by atoms with E-state index in [0.29, 0.717) is 0 Å². The van der Waals surface area contributed by atoms with Crippen LogP contribution in [0.3, 0.4) is 0 Å². The van der Waals surface area contributed by atoms with Crippen LogP contribution in [0.2, 0.25) is 0 Å². The number of aromatic hydroxyl groups is 1. The van der Waals surface area contributed by atoms with Crippen molar-refractivity contribution in [2.45, 2.75) is 37.0 Å². The molecule has 7 nitrogen and oxygen atoms in total. The molecule has 23 heavy (non-hydrogen) atoms. The smallest absolute Gasteiger partial charge is 0.313 e. The molecule has 2 fully saturated rings. The summed E-state index contributed by atoms with van der Waals surface area (Å²) in [5.74, 6) is -0.431. The maximum Gasteiger partial charge on any atom is 0.313 e. The summed E-state index contributed by atoms with van der Waals surface area (Å²) in [5, 5.41) is 26.0. The van der Waals surface area contributed by atoms with Gasteiger partial charge in [-0.25, -0.2) is 4.68 Å². The lowest BCUT2D eigenvalue weighted by atomic mass is 10.2. The van der Waals surface area contributed by atoms with Crippen molar-refractivity contribution in [3.8, 4) is 11.4 Å². The number of hydrogen-bond donors (Lipinski definition) is 1. The predicted molar refractivity (Wildman–Crippen MR) is 85.2 cm³/mol. The number of nitro groups is 1. The van der Waals surface area contributed by atoms with Crippen LogP contribution in [0.25, 0.3) is 5.69 Å². The standard InChI is InChI=1S/C15H16N3O4P/c19-15-13(2-1-3-14(15)18(20)21)17-9-12(8-16-17)23(22,10-4-5-10)11-6-7-11/h1-3,8-11,19H,4-7H2. The molecule has 0 amide bonds. The van der Waals surface area contributed by atoms with Crippen molar-refractivity contribution < 1.29 is 14.6 Å². The first kappa shape index (κ1) is 14.5. The van der Waals surface area contributed by atoms with Crippen molar-refractivity contribution in [3.05, 3.63) is 40.7 Å². The molecule has 1 N–H and O–H groups in total. The Balaban J connectivity index is 1.75. The average Bonchev–Trinajstić information content (AvgIpc) is 3.43. The predicted octanol–water partition coefficient (Wildman–Crippen LogP) is 2.80. The molecule has 0 spiro atoms. The Morgan fingerprint density at radius 3 is 2.48 bits per heavy atom. The molecule has 1 heterocycles. The van der Waals surface area contributed by atoms with E-state index in [9.17, 15) is 19.8 Å². The minimum absolute atomic E-state index is 0.226. The van der Waals surface area contributed by atoms with E-state index in [0.717, 1.165) is 31.0 Å². The monoisotopic (exact) mass is 333 g/mol. The fraction of sp³-hybridized carbons (Fsp3) is 0.400. The molecule has 2 aliphatic rings. The lowest BCUT2D eigenvalue weighted by Crippen LogP contribution is -2.10. The van der Waals surface area contributed by atoms with E-state index in [1.807, 2.05) is 0 Å². The highest BCUT2D eigenvalue weighted by atomic mass is 31.2. The highest BCUT2D eigenvalue weighted by Gasteiger charge is 2.52. The van der Waals surface area contributed by atoms with Gasteiger partial charge in [0.2, 0.25) is 5.75 Å². The van der Waals surface area contributed by atoms with Gasteiger partial charge in [-0.3, -0.25) is 10.1 Å². The Morgan fingerprint density at radius 2 is 1.91 bits per heavy atom. The third-order valence-corrected chi connectivity index (χ3v) is 8.83. The van der Waals surface area contributed by atoms with Crippen LogP contribution in [0.4, 0.5) is 5.69 Å². The van der Waals surface area contributed by atoms with Gasteiger partial charge in [-0.2, -0.15) is 5.10 Å². The molecule has 4 rings (SSSR count). The first-order chi connectivity index (χ1) is 11.0. The van der Waals surface area contributed by atoms with Crippen molar-refractivity contribution in [3.63, 3.8) is 0 Å². The summed E-state index contributed by atoms with van der Waals surface area (Å²) in [6.07, 6.45) is 7.26. The van der Waals surface area contributed by atoms with E-state index in [2.05, 4.69) is 5.10 Å². The number of benzene rings is 1. The maximum atomic E-state index is 13.4. The Labute approximate surface area is 132 Å². The van der Waals surface area contributed by atoms with Gasteiger partial charge in [-0.15, -0.1) is 0 Å². The number of para-hydroxylation sites is 1. The first-order valence-electron chi connectivity index (χ1n) is 7.63. The van der Waals surface area contributed by atoms with Gasteiger partial charge in [-0.05, 0) is 31.7 Å². The van der Waals surface area contributed by atoms with Crippen molar-refractivity contribution >= 4 is 18.1 Å². The number of nitro benzene ring substituents is 1. The van der Waals surface area contributed by atoms with Gasteiger partial charge in [0.1, 0.15) is 12.8 Å². The highest BCUT2D eigenvalue weighted by molar-refractivity contribution is 7.73. The van der Waals surface area contributed by atoms with Crippen molar-refractivity contribution in [1.29, 1.82) is 0 Å². The summed E-state index contributed by atoms with van der Waals surface area (Å²) in [6.45, 7) is 0. The van der Waals surface area contributed by atoms with Crippen LogP contribution in [0.5, 0.6) is 5.75 Å². The van der Waals surface area contributed by atoms with Crippen molar-refractivity contribution in [2.24, 2.45) is 0 Å². The van der Waals surface area contributed by atoms with E-state index < -0.39 is 17.8 Å². The van der Waals surface area contributed by atoms with Crippen LogP contribution in [0.15, 0.2) is 30.6 Å². The van der Waals surface area contributed by atoms with Gasteiger partial charge in [0.25, 0.3) is 0 Å².